The molecule has 0 unspecified atom stereocenters. The fraction of sp³-hybridized carbons (Fsp3) is 0.154. The van der Waals surface area contributed by atoms with Gasteiger partial charge in [0.1, 0.15) is 0 Å². The molecule has 1 rings (SSSR count). The summed E-state index contributed by atoms with van der Waals surface area (Å²) in [6.45, 7) is 0. The molecule has 0 radical (unpaired) electrons. The molecule has 0 aliphatic rings. The number of rotatable bonds is 4. The Morgan fingerprint density at radius 1 is 1.28 bits per heavy atom. The highest BCUT2D eigenvalue weighted by molar-refractivity contribution is 7.95. The van der Waals surface area contributed by atoms with Crippen molar-refractivity contribution in [3.8, 4) is 6.07 Å². The number of sulfone groups is 1. The summed E-state index contributed by atoms with van der Waals surface area (Å²) in [6.07, 6.45) is 3.91. The summed E-state index contributed by atoms with van der Waals surface area (Å²) in [6, 6.07) is 9.92. The third-order valence-electron chi connectivity index (χ3n) is 2.07. The van der Waals surface area contributed by atoms with Crippen LogP contribution in [0.3, 0.4) is 0 Å². The first-order valence-electron chi connectivity index (χ1n) is 5.23. The smallest absolute Gasteiger partial charge is 0.208 e. The van der Waals surface area contributed by atoms with E-state index in [0.717, 1.165) is 6.08 Å². The van der Waals surface area contributed by atoms with E-state index in [0.29, 0.717) is 0 Å². The minimum Gasteiger partial charge on any atom is -0.382 e. The quantitative estimate of drug-likeness (QED) is 0.614. The lowest BCUT2D eigenvalue weighted by atomic mass is 10.4. The Bertz CT molecular complexity index is 594. The predicted octanol–water partition coefficient (Wildman–Crippen LogP) is 1.94. The highest BCUT2D eigenvalue weighted by Crippen LogP contribution is 2.20. The van der Waals surface area contributed by atoms with Crippen LogP contribution in [0.4, 0.5) is 0 Å². The van der Waals surface area contributed by atoms with Crippen LogP contribution in [0.2, 0.25) is 0 Å². The van der Waals surface area contributed by atoms with Gasteiger partial charge < -0.3 is 4.90 Å². The van der Waals surface area contributed by atoms with Crippen LogP contribution in [-0.2, 0) is 9.84 Å². The molecule has 0 N–H and O–H groups in total. The van der Waals surface area contributed by atoms with E-state index >= 15 is 0 Å². The monoisotopic (exact) mass is 262 g/mol. The van der Waals surface area contributed by atoms with Gasteiger partial charge in [-0.25, -0.2) is 8.42 Å². The van der Waals surface area contributed by atoms with Gasteiger partial charge in [-0.05, 0) is 18.2 Å². The van der Waals surface area contributed by atoms with Crippen molar-refractivity contribution < 1.29 is 8.42 Å². The van der Waals surface area contributed by atoms with E-state index in [-0.39, 0.29) is 9.80 Å². The van der Waals surface area contributed by atoms with Gasteiger partial charge in [0.2, 0.25) is 9.84 Å². The lowest BCUT2D eigenvalue weighted by Crippen LogP contribution is -2.09. The zero-order valence-electron chi connectivity index (χ0n) is 10.2. The molecule has 0 aliphatic heterocycles. The van der Waals surface area contributed by atoms with Crippen LogP contribution in [0.1, 0.15) is 0 Å². The van der Waals surface area contributed by atoms with Crippen molar-refractivity contribution in [1.82, 2.24) is 4.90 Å². The van der Waals surface area contributed by atoms with Crippen LogP contribution in [0, 0.1) is 11.3 Å². The molecule has 1 aromatic rings. The average Bonchev–Trinajstić information content (AvgIpc) is 2.35. The SMILES string of the molecule is CN(C)/C=C(/C=C/C#N)S(=O)(=O)c1ccccc1. The Hall–Kier alpha value is -2.06. The van der Waals surface area contributed by atoms with Crippen molar-refractivity contribution in [2.45, 2.75) is 4.90 Å². The van der Waals surface area contributed by atoms with Gasteiger partial charge in [0.05, 0.1) is 15.9 Å². The maximum atomic E-state index is 12.3. The predicted molar refractivity (Wildman–Crippen MR) is 70.2 cm³/mol. The van der Waals surface area contributed by atoms with Gasteiger partial charge in [-0.3, -0.25) is 0 Å². The van der Waals surface area contributed by atoms with Crippen LogP contribution in [0.15, 0.2) is 58.5 Å². The van der Waals surface area contributed by atoms with E-state index in [1.54, 1.807) is 43.3 Å². The summed E-state index contributed by atoms with van der Waals surface area (Å²) in [5.74, 6) is 0. The number of hydrogen-bond acceptors (Lipinski definition) is 4. The molecular formula is C13H14N2O2S. The lowest BCUT2D eigenvalue weighted by Gasteiger charge is -2.09. The molecule has 0 amide bonds. The average molecular weight is 262 g/mol. The second-order valence-corrected chi connectivity index (χ2v) is 5.72. The number of hydrogen-bond donors (Lipinski definition) is 0. The Morgan fingerprint density at radius 2 is 1.89 bits per heavy atom. The van der Waals surface area contributed by atoms with Crippen molar-refractivity contribution >= 4 is 9.84 Å². The number of benzene rings is 1. The van der Waals surface area contributed by atoms with Crippen LogP contribution in [0.25, 0.3) is 0 Å². The molecule has 4 nitrogen and oxygen atoms in total. The fourth-order valence-corrected chi connectivity index (χ4v) is 2.70. The highest BCUT2D eigenvalue weighted by atomic mass is 32.2. The van der Waals surface area contributed by atoms with E-state index in [9.17, 15) is 8.42 Å². The van der Waals surface area contributed by atoms with Crippen molar-refractivity contribution in [2.24, 2.45) is 0 Å². The molecule has 0 saturated heterocycles. The van der Waals surface area contributed by atoms with Crippen LogP contribution < -0.4 is 0 Å². The molecule has 94 valence electrons. The second-order valence-electron chi connectivity index (χ2n) is 3.77. The first-order chi connectivity index (χ1) is 8.48. The van der Waals surface area contributed by atoms with Gasteiger partial charge in [0, 0.05) is 26.4 Å². The van der Waals surface area contributed by atoms with E-state index in [1.807, 2.05) is 0 Å². The lowest BCUT2D eigenvalue weighted by molar-refractivity contribution is 0.559. The molecule has 5 heteroatoms. The first-order valence-corrected chi connectivity index (χ1v) is 6.71. The van der Waals surface area contributed by atoms with Crippen LogP contribution >= 0.6 is 0 Å². The zero-order valence-corrected chi connectivity index (χ0v) is 11.1. The Morgan fingerprint density at radius 3 is 2.39 bits per heavy atom. The molecule has 0 saturated carbocycles. The Kier molecular flexibility index (Phi) is 4.69. The highest BCUT2D eigenvalue weighted by Gasteiger charge is 2.18. The molecule has 0 atom stereocenters. The van der Waals surface area contributed by atoms with Crippen molar-refractivity contribution in [3.63, 3.8) is 0 Å². The largest absolute Gasteiger partial charge is 0.382 e. The van der Waals surface area contributed by atoms with Gasteiger partial charge in [0.15, 0.2) is 0 Å². The van der Waals surface area contributed by atoms with E-state index in [4.69, 9.17) is 5.26 Å². The topological polar surface area (TPSA) is 61.2 Å². The van der Waals surface area contributed by atoms with Crippen molar-refractivity contribution in [3.05, 3.63) is 53.6 Å². The molecule has 18 heavy (non-hydrogen) atoms. The van der Waals surface area contributed by atoms with Gasteiger partial charge in [-0.2, -0.15) is 5.26 Å². The molecule has 0 fully saturated rings. The minimum absolute atomic E-state index is 0.0836. The maximum Gasteiger partial charge on any atom is 0.208 e. The van der Waals surface area contributed by atoms with Gasteiger partial charge in [-0.1, -0.05) is 18.2 Å². The number of nitriles is 1. The van der Waals surface area contributed by atoms with E-state index < -0.39 is 9.84 Å². The van der Waals surface area contributed by atoms with Gasteiger partial charge in [-0.15, -0.1) is 0 Å². The summed E-state index contributed by atoms with van der Waals surface area (Å²) in [4.78, 5) is 1.92. The number of allylic oxidation sites excluding steroid dienone is 2. The third-order valence-corrected chi connectivity index (χ3v) is 3.83. The third kappa shape index (κ3) is 3.47. The molecule has 0 spiro atoms. The first kappa shape index (κ1) is 14.0. The van der Waals surface area contributed by atoms with Crippen LogP contribution in [-0.4, -0.2) is 27.4 Å². The standard InChI is InChI=1S/C13H14N2O2S/c1-15(2)11-13(9-6-10-14)18(16,17)12-7-4-3-5-8-12/h3-9,11H,1-2H3/b9-6+,13-11-. The van der Waals surface area contributed by atoms with Gasteiger partial charge >= 0.3 is 0 Å². The second kappa shape index (κ2) is 6.03. The molecular weight excluding hydrogens is 248 g/mol. The summed E-state index contributed by atoms with van der Waals surface area (Å²) < 4.78 is 24.6. The van der Waals surface area contributed by atoms with E-state index in [2.05, 4.69) is 0 Å². The van der Waals surface area contributed by atoms with Crippen molar-refractivity contribution in [2.75, 3.05) is 14.1 Å². The van der Waals surface area contributed by atoms with E-state index in [1.165, 1.54) is 24.4 Å². The number of nitrogens with zero attached hydrogens (tertiary/aromatic N) is 2. The summed E-state index contributed by atoms with van der Waals surface area (Å²) in [5, 5.41) is 8.51. The minimum atomic E-state index is -3.59. The fourth-order valence-electron chi connectivity index (χ4n) is 1.31. The maximum absolute atomic E-state index is 12.3. The molecule has 0 aliphatic carbocycles. The zero-order chi connectivity index (χ0) is 13.6. The molecule has 0 heterocycles. The molecule has 0 bridgehead atoms. The molecule has 1 aromatic carbocycles. The van der Waals surface area contributed by atoms with Crippen molar-refractivity contribution in [1.29, 1.82) is 5.26 Å². The Balaban J connectivity index is 3.31. The molecule has 0 aromatic heterocycles. The summed E-state index contributed by atoms with van der Waals surface area (Å²) >= 11 is 0. The van der Waals surface area contributed by atoms with Gasteiger partial charge in [0.25, 0.3) is 0 Å². The normalized spacial score (nSPS) is 12.4. The van der Waals surface area contributed by atoms with Crippen LogP contribution in [0.5, 0.6) is 0 Å². The summed E-state index contributed by atoms with van der Waals surface area (Å²) in [7, 11) is -0.141. The Labute approximate surface area is 107 Å². The summed E-state index contributed by atoms with van der Waals surface area (Å²) in [5.41, 5.74) is 0.